The molecule has 2 amide bonds. The lowest BCUT2D eigenvalue weighted by Gasteiger charge is -2.31. The number of hydrogen-bond acceptors (Lipinski definition) is 5. The molecule has 7 nitrogen and oxygen atoms in total. The average Bonchev–Trinajstić information content (AvgIpc) is 3.27. The van der Waals surface area contributed by atoms with Crippen molar-refractivity contribution in [2.75, 3.05) is 18.6 Å². The second-order valence-corrected chi connectivity index (χ2v) is 8.42. The minimum atomic E-state index is -0.760. The summed E-state index contributed by atoms with van der Waals surface area (Å²) in [5, 5.41) is 5.19. The second kappa shape index (κ2) is 10.6. The number of anilines is 1. The van der Waals surface area contributed by atoms with Crippen LogP contribution in [0.2, 0.25) is 0 Å². The van der Waals surface area contributed by atoms with E-state index in [4.69, 9.17) is 21.2 Å². The lowest BCUT2D eigenvalue weighted by atomic mass is 10.0. The number of benzene rings is 3. The van der Waals surface area contributed by atoms with Crippen LogP contribution in [0.25, 0.3) is 10.8 Å². The molecule has 0 fully saturated rings. The second-order valence-electron chi connectivity index (χ2n) is 8.01. The Morgan fingerprint density at radius 3 is 2.53 bits per heavy atom. The summed E-state index contributed by atoms with van der Waals surface area (Å²) in [6.45, 7) is 1.69. The average molecular weight is 480 g/mol. The van der Waals surface area contributed by atoms with Crippen molar-refractivity contribution in [2.45, 2.75) is 25.5 Å². The number of hydroxylamine groups is 1. The molecule has 0 bridgehead atoms. The SMILES string of the molecule is COc1ccc2cc(N(C(C)=O)[C@@H](Cc3ccccc3)C(=O)NCC3C=C(Cl)NO3)ccc2c1. The number of rotatable bonds is 8. The number of carbonyl (C=O) groups is 2. The van der Waals surface area contributed by atoms with Crippen LogP contribution in [-0.4, -0.2) is 37.6 Å². The van der Waals surface area contributed by atoms with Crippen molar-refractivity contribution >= 4 is 39.9 Å². The fraction of sp³-hybridized carbons (Fsp3) is 0.231. The number of ether oxygens (including phenoxy) is 1. The standard InChI is InChI=1S/C26H26ClN3O4/c1-17(31)30(21-10-8-20-14-22(33-2)11-9-19(20)13-21)24(12-18-6-4-3-5-7-18)26(32)28-16-23-15-25(27)29-34-23/h3-11,13-15,23-24,29H,12,16H2,1-2H3,(H,28,32)/t23?,24-/m0/s1. The van der Waals surface area contributed by atoms with Crippen LogP contribution in [0.3, 0.4) is 0 Å². The number of carbonyl (C=O) groups excluding carboxylic acids is 2. The van der Waals surface area contributed by atoms with Crippen molar-refractivity contribution in [3.8, 4) is 5.75 Å². The molecule has 3 aromatic rings. The number of nitrogens with zero attached hydrogens (tertiary/aromatic N) is 1. The zero-order chi connectivity index (χ0) is 24.1. The molecule has 4 rings (SSSR count). The molecular formula is C26H26ClN3O4. The van der Waals surface area contributed by atoms with Crippen LogP contribution in [0.1, 0.15) is 12.5 Å². The summed E-state index contributed by atoms with van der Waals surface area (Å²) in [6, 6.07) is 20.3. The Bertz CT molecular complexity index is 1220. The minimum Gasteiger partial charge on any atom is -0.497 e. The van der Waals surface area contributed by atoms with E-state index in [1.807, 2.05) is 66.7 Å². The fourth-order valence-electron chi connectivity index (χ4n) is 3.99. The van der Waals surface area contributed by atoms with Gasteiger partial charge >= 0.3 is 0 Å². The van der Waals surface area contributed by atoms with E-state index in [9.17, 15) is 9.59 Å². The number of methoxy groups -OCH3 is 1. The summed E-state index contributed by atoms with van der Waals surface area (Å²) in [6.07, 6.45) is 1.64. The first-order valence-electron chi connectivity index (χ1n) is 10.9. The lowest BCUT2D eigenvalue weighted by molar-refractivity contribution is -0.126. The van der Waals surface area contributed by atoms with Gasteiger partial charge in [0.15, 0.2) is 0 Å². The predicted molar refractivity (Wildman–Crippen MR) is 133 cm³/mol. The van der Waals surface area contributed by atoms with Gasteiger partial charge < -0.3 is 10.1 Å². The molecule has 0 radical (unpaired) electrons. The zero-order valence-electron chi connectivity index (χ0n) is 19.0. The summed E-state index contributed by atoms with van der Waals surface area (Å²) >= 11 is 5.88. The van der Waals surface area contributed by atoms with Gasteiger partial charge in [-0.2, -0.15) is 0 Å². The Hall–Kier alpha value is -3.55. The van der Waals surface area contributed by atoms with E-state index < -0.39 is 12.1 Å². The molecule has 2 atom stereocenters. The third-order valence-electron chi connectivity index (χ3n) is 5.65. The third kappa shape index (κ3) is 5.50. The molecule has 0 saturated carbocycles. The Labute approximate surface area is 203 Å². The first-order valence-corrected chi connectivity index (χ1v) is 11.3. The molecule has 2 N–H and O–H groups in total. The monoisotopic (exact) mass is 479 g/mol. The zero-order valence-corrected chi connectivity index (χ0v) is 19.7. The Morgan fingerprint density at radius 2 is 1.85 bits per heavy atom. The van der Waals surface area contributed by atoms with E-state index in [1.54, 1.807) is 18.1 Å². The highest BCUT2D eigenvalue weighted by Gasteiger charge is 2.30. The van der Waals surface area contributed by atoms with Crippen molar-refractivity contribution in [3.05, 3.63) is 83.5 Å². The minimum absolute atomic E-state index is 0.219. The Balaban J connectivity index is 1.65. The van der Waals surface area contributed by atoms with Gasteiger partial charge in [-0.15, -0.1) is 0 Å². The molecule has 8 heteroatoms. The highest BCUT2D eigenvalue weighted by Crippen LogP contribution is 2.28. The molecule has 0 spiro atoms. The topological polar surface area (TPSA) is 79.9 Å². The number of amides is 2. The van der Waals surface area contributed by atoms with Crippen molar-refractivity contribution in [1.29, 1.82) is 0 Å². The van der Waals surface area contributed by atoms with Gasteiger partial charge in [0.25, 0.3) is 0 Å². The van der Waals surface area contributed by atoms with E-state index in [-0.39, 0.29) is 18.4 Å². The quantitative estimate of drug-likeness (QED) is 0.479. The van der Waals surface area contributed by atoms with Gasteiger partial charge in [0.1, 0.15) is 23.1 Å². The Morgan fingerprint density at radius 1 is 1.12 bits per heavy atom. The van der Waals surface area contributed by atoms with Crippen LogP contribution < -0.4 is 20.4 Å². The van der Waals surface area contributed by atoms with E-state index in [1.165, 1.54) is 6.92 Å². The summed E-state index contributed by atoms with van der Waals surface area (Å²) in [7, 11) is 1.62. The van der Waals surface area contributed by atoms with E-state index in [2.05, 4.69) is 10.8 Å². The maximum atomic E-state index is 13.4. The highest BCUT2D eigenvalue weighted by atomic mass is 35.5. The van der Waals surface area contributed by atoms with Crippen molar-refractivity contribution in [2.24, 2.45) is 0 Å². The molecule has 1 heterocycles. The van der Waals surface area contributed by atoms with Crippen LogP contribution in [-0.2, 0) is 20.8 Å². The van der Waals surface area contributed by atoms with E-state index in [0.29, 0.717) is 17.3 Å². The molecule has 176 valence electrons. The van der Waals surface area contributed by atoms with Crippen molar-refractivity contribution in [1.82, 2.24) is 10.8 Å². The lowest BCUT2D eigenvalue weighted by Crippen LogP contribution is -2.51. The molecule has 0 aliphatic carbocycles. The first kappa shape index (κ1) is 23.6. The summed E-state index contributed by atoms with van der Waals surface area (Å²) in [5.41, 5.74) is 4.14. The third-order valence-corrected chi connectivity index (χ3v) is 5.86. The fourth-order valence-corrected chi connectivity index (χ4v) is 4.18. The van der Waals surface area contributed by atoms with Crippen molar-refractivity contribution < 1.29 is 19.2 Å². The van der Waals surface area contributed by atoms with Gasteiger partial charge in [-0.05, 0) is 46.7 Å². The molecular weight excluding hydrogens is 454 g/mol. The number of fused-ring (bicyclic) bond motifs is 1. The van der Waals surface area contributed by atoms with E-state index >= 15 is 0 Å². The molecule has 1 aliphatic heterocycles. The molecule has 34 heavy (non-hydrogen) atoms. The smallest absolute Gasteiger partial charge is 0.243 e. The number of hydrogen-bond donors (Lipinski definition) is 2. The van der Waals surface area contributed by atoms with Crippen LogP contribution in [0, 0.1) is 0 Å². The molecule has 1 aliphatic rings. The summed E-state index contributed by atoms with van der Waals surface area (Å²) in [5.74, 6) is 0.238. The molecule has 0 saturated heterocycles. The normalized spacial score (nSPS) is 15.9. The molecule has 1 unspecified atom stereocenters. The summed E-state index contributed by atoms with van der Waals surface area (Å²) in [4.78, 5) is 33.1. The Kier molecular flexibility index (Phi) is 7.35. The number of halogens is 1. The van der Waals surface area contributed by atoms with E-state index in [0.717, 1.165) is 22.1 Å². The largest absolute Gasteiger partial charge is 0.497 e. The maximum Gasteiger partial charge on any atom is 0.243 e. The van der Waals surface area contributed by atoms with Crippen LogP contribution in [0.5, 0.6) is 5.75 Å². The van der Waals surface area contributed by atoms with Crippen molar-refractivity contribution in [3.63, 3.8) is 0 Å². The van der Waals surface area contributed by atoms with Gasteiger partial charge in [-0.1, -0.05) is 54.1 Å². The van der Waals surface area contributed by atoms with Gasteiger partial charge in [-0.25, -0.2) is 0 Å². The summed E-state index contributed by atoms with van der Waals surface area (Å²) < 4.78 is 5.31. The maximum absolute atomic E-state index is 13.4. The van der Waals surface area contributed by atoms with Gasteiger partial charge in [0.2, 0.25) is 11.8 Å². The predicted octanol–water partition coefficient (Wildman–Crippen LogP) is 3.91. The van der Waals surface area contributed by atoms with Gasteiger partial charge in [-0.3, -0.25) is 24.8 Å². The van der Waals surface area contributed by atoms with Gasteiger partial charge in [0, 0.05) is 19.0 Å². The highest BCUT2D eigenvalue weighted by molar-refractivity contribution is 6.29. The number of nitrogens with one attached hydrogen (secondary N) is 2. The van der Waals surface area contributed by atoms with Crippen LogP contribution in [0.4, 0.5) is 5.69 Å². The first-order chi connectivity index (χ1) is 16.4. The van der Waals surface area contributed by atoms with Crippen LogP contribution >= 0.6 is 11.6 Å². The molecule has 3 aromatic carbocycles. The molecule has 0 aromatic heterocycles. The van der Waals surface area contributed by atoms with Gasteiger partial charge in [0.05, 0.1) is 13.7 Å². The van der Waals surface area contributed by atoms with Crippen LogP contribution in [0.15, 0.2) is 78.0 Å².